The van der Waals surface area contributed by atoms with E-state index in [2.05, 4.69) is 57.4 Å². The lowest BCUT2D eigenvalue weighted by Gasteiger charge is -2.21. The number of nitrogens with one attached hydrogen (secondary N) is 2. The van der Waals surface area contributed by atoms with Crippen molar-refractivity contribution in [2.24, 2.45) is 12.0 Å². The Morgan fingerprint density at radius 2 is 1.96 bits per heavy atom. The molecule has 2 rings (SSSR count). The van der Waals surface area contributed by atoms with Gasteiger partial charge >= 0.3 is 0 Å². The number of ether oxygens (including phenoxy) is 1. The van der Waals surface area contributed by atoms with E-state index in [1.807, 2.05) is 42.9 Å². The summed E-state index contributed by atoms with van der Waals surface area (Å²) < 4.78 is 8.86. The van der Waals surface area contributed by atoms with E-state index in [-0.39, 0.29) is 36.1 Å². The Kier molecular flexibility index (Phi) is 10.3. The first-order valence-electron chi connectivity index (χ1n) is 9.19. The van der Waals surface area contributed by atoms with Crippen LogP contribution in [0.4, 0.5) is 0 Å². The third kappa shape index (κ3) is 6.95. The summed E-state index contributed by atoms with van der Waals surface area (Å²) in [4.78, 5) is 4.33. The maximum atomic E-state index is 5.97. The van der Waals surface area contributed by atoms with Crippen molar-refractivity contribution < 1.29 is 4.74 Å². The lowest BCUT2D eigenvalue weighted by molar-refractivity contribution is 0.222. The van der Waals surface area contributed by atoms with Crippen molar-refractivity contribution in [1.29, 1.82) is 0 Å². The van der Waals surface area contributed by atoms with Crippen LogP contribution in [0.5, 0.6) is 5.75 Å². The summed E-state index contributed by atoms with van der Waals surface area (Å²) in [5.41, 5.74) is 3.58. The average Bonchev–Trinajstić information content (AvgIpc) is 2.86. The monoisotopic (exact) mass is 563 g/mol. The molecule has 8 heteroatoms. The molecule has 0 radical (unpaired) electrons. The molecule has 0 spiro atoms. The highest BCUT2D eigenvalue weighted by Crippen LogP contribution is 2.24. The molecule has 156 valence electrons. The number of aromatic nitrogens is 2. The smallest absolute Gasteiger partial charge is 0.191 e. The van der Waals surface area contributed by atoms with Gasteiger partial charge in [0.1, 0.15) is 11.9 Å². The zero-order valence-electron chi connectivity index (χ0n) is 17.4. The fourth-order valence-electron chi connectivity index (χ4n) is 2.94. The summed E-state index contributed by atoms with van der Waals surface area (Å²) in [6.07, 6.45) is 0.898. The number of hydrogen-bond donors (Lipinski definition) is 2. The van der Waals surface area contributed by atoms with Crippen LogP contribution >= 0.6 is 39.9 Å². The van der Waals surface area contributed by atoms with Gasteiger partial charge in [0.25, 0.3) is 0 Å². The van der Waals surface area contributed by atoms with Crippen molar-refractivity contribution >= 4 is 45.9 Å². The Balaban J connectivity index is 0.00000392. The summed E-state index contributed by atoms with van der Waals surface area (Å²) in [6, 6.07) is 8.09. The number of aryl methyl sites for hydroxylation is 2. The molecule has 28 heavy (non-hydrogen) atoms. The predicted octanol–water partition coefficient (Wildman–Crippen LogP) is 3.98. The Morgan fingerprint density at radius 1 is 1.29 bits per heavy atom. The number of hydrogen-bond acceptors (Lipinski definition) is 3. The molecule has 2 atom stereocenters. The van der Waals surface area contributed by atoms with Crippen molar-refractivity contribution in [3.05, 3.63) is 45.7 Å². The SMILES string of the molecule is CN=C(NCC(C)Oc1ccccc1Br)NC(C)Cc1c(C)nn(C)c1C.I. The van der Waals surface area contributed by atoms with Gasteiger partial charge in [0.2, 0.25) is 0 Å². The molecule has 0 amide bonds. The van der Waals surface area contributed by atoms with E-state index < -0.39 is 0 Å². The molecule has 0 aliphatic carbocycles. The second kappa shape index (κ2) is 11.6. The summed E-state index contributed by atoms with van der Waals surface area (Å²) in [5, 5.41) is 11.3. The standard InChI is InChI=1S/C20H30BrN5O.HI/c1-13(11-17-15(3)25-26(6)16(17)4)24-20(22-5)23-12-14(2)27-19-10-8-7-9-18(19)21;/h7-10,13-14H,11-12H2,1-6H3,(H2,22,23,24);1H. The van der Waals surface area contributed by atoms with E-state index in [1.54, 1.807) is 7.05 Å². The molecule has 1 aromatic carbocycles. The zero-order chi connectivity index (χ0) is 20.0. The number of halogens is 2. The number of benzene rings is 1. The molecular weight excluding hydrogens is 533 g/mol. The van der Waals surface area contributed by atoms with Crippen molar-refractivity contribution in [2.45, 2.75) is 46.3 Å². The minimum Gasteiger partial charge on any atom is -0.488 e. The average molecular weight is 564 g/mol. The van der Waals surface area contributed by atoms with Crippen LogP contribution in [-0.4, -0.2) is 41.5 Å². The molecule has 2 N–H and O–H groups in total. The van der Waals surface area contributed by atoms with Gasteiger partial charge in [0, 0.05) is 25.8 Å². The van der Waals surface area contributed by atoms with Crippen LogP contribution in [0.1, 0.15) is 30.8 Å². The van der Waals surface area contributed by atoms with E-state index >= 15 is 0 Å². The van der Waals surface area contributed by atoms with Crippen LogP contribution in [0, 0.1) is 13.8 Å². The molecule has 0 aliphatic heterocycles. The molecule has 2 unspecified atom stereocenters. The van der Waals surface area contributed by atoms with E-state index in [0.717, 1.165) is 28.3 Å². The van der Waals surface area contributed by atoms with Crippen molar-refractivity contribution in [3.8, 4) is 5.75 Å². The van der Waals surface area contributed by atoms with Crippen LogP contribution in [0.3, 0.4) is 0 Å². The highest BCUT2D eigenvalue weighted by Gasteiger charge is 2.14. The number of para-hydroxylation sites is 1. The summed E-state index contributed by atoms with van der Waals surface area (Å²) in [5.74, 6) is 1.61. The van der Waals surface area contributed by atoms with Crippen LogP contribution in [0.2, 0.25) is 0 Å². The fraction of sp³-hybridized carbons (Fsp3) is 0.500. The first kappa shape index (κ1) is 24.7. The van der Waals surface area contributed by atoms with Gasteiger partial charge in [-0.25, -0.2) is 0 Å². The van der Waals surface area contributed by atoms with Crippen LogP contribution in [0.25, 0.3) is 0 Å². The van der Waals surface area contributed by atoms with Gasteiger partial charge in [-0.15, -0.1) is 24.0 Å². The fourth-order valence-corrected chi connectivity index (χ4v) is 3.32. The van der Waals surface area contributed by atoms with Crippen molar-refractivity contribution in [1.82, 2.24) is 20.4 Å². The largest absolute Gasteiger partial charge is 0.488 e. The number of rotatable bonds is 7. The summed E-state index contributed by atoms with van der Waals surface area (Å²) in [7, 11) is 3.76. The Bertz CT molecular complexity index is 793. The Hall–Kier alpha value is -1.29. The van der Waals surface area contributed by atoms with Gasteiger partial charge in [0.15, 0.2) is 5.96 Å². The van der Waals surface area contributed by atoms with Crippen molar-refractivity contribution in [3.63, 3.8) is 0 Å². The molecule has 0 aliphatic rings. The maximum Gasteiger partial charge on any atom is 0.191 e. The number of aliphatic imine (C=N–C) groups is 1. The normalized spacial score (nSPS) is 13.5. The Labute approximate surface area is 193 Å². The number of nitrogens with zero attached hydrogens (tertiary/aromatic N) is 3. The highest BCUT2D eigenvalue weighted by atomic mass is 127. The molecular formula is C20H31BrIN5O. The lowest BCUT2D eigenvalue weighted by Crippen LogP contribution is -2.45. The molecule has 0 saturated carbocycles. The van der Waals surface area contributed by atoms with Gasteiger partial charge in [-0.3, -0.25) is 9.67 Å². The topological polar surface area (TPSA) is 63.5 Å². The molecule has 1 aromatic heterocycles. The van der Waals surface area contributed by atoms with Gasteiger partial charge in [-0.05, 0) is 67.7 Å². The quantitative estimate of drug-likeness (QED) is 0.304. The van der Waals surface area contributed by atoms with E-state index in [4.69, 9.17) is 4.74 Å². The van der Waals surface area contributed by atoms with Crippen LogP contribution in [-0.2, 0) is 13.5 Å². The van der Waals surface area contributed by atoms with E-state index in [9.17, 15) is 0 Å². The summed E-state index contributed by atoms with van der Waals surface area (Å²) in [6.45, 7) is 9.00. The predicted molar refractivity (Wildman–Crippen MR) is 130 cm³/mol. The molecule has 0 fully saturated rings. The first-order valence-corrected chi connectivity index (χ1v) is 9.98. The number of guanidine groups is 1. The first-order chi connectivity index (χ1) is 12.8. The van der Waals surface area contributed by atoms with Crippen LogP contribution < -0.4 is 15.4 Å². The second-order valence-corrected chi connectivity index (χ2v) is 7.69. The molecule has 2 aromatic rings. The van der Waals surface area contributed by atoms with Gasteiger partial charge in [-0.2, -0.15) is 5.10 Å². The zero-order valence-corrected chi connectivity index (χ0v) is 21.3. The Morgan fingerprint density at radius 3 is 2.54 bits per heavy atom. The van der Waals surface area contributed by atoms with E-state index in [1.165, 1.54) is 11.3 Å². The molecule has 0 bridgehead atoms. The minimum absolute atomic E-state index is 0. The lowest BCUT2D eigenvalue weighted by atomic mass is 10.1. The minimum atomic E-state index is 0. The van der Waals surface area contributed by atoms with Gasteiger partial charge < -0.3 is 15.4 Å². The van der Waals surface area contributed by atoms with Gasteiger partial charge in [0.05, 0.1) is 16.7 Å². The second-order valence-electron chi connectivity index (χ2n) is 6.83. The molecule has 1 heterocycles. The third-order valence-electron chi connectivity index (χ3n) is 4.50. The van der Waals surface area contributed by atoms with Crippen LogP contribution in [0.15, 0.2) is 33.7 Å². The highest BCUT2D eigenvalue weighted by molar-refractivity contribution is 14.0. The maximum absolute atomic E-state index is 5.97. The third-order valence-corrected chi connectivity index (χ3v) is 5.15. The van der Waals surface area contributed by atoms with Crippen molar-refractivity contribution in [2.75, 3.05) is 13.6 Å². The van der Waals surface area contributed by atoms with Gasteiger partial charge in [-0.1, -0.05) is 12.1 Å². The molecule has 6 nitrogen and oxygen atoms in total. The summed E-state index contributed by atoms with van der Waals surface area (Å²) >= 11 is 3.51. The van der Waals surface area contributed by atoms with E-state index in [0.29, 0.717) is 6.54 Å². The molecule has 0 saturated heterocycles.